The third-order valence-electron chi connectivity index (χ3n) is 4.17. The Morgan fingerprint density at radius 3 is 2.78 bits per heavy atom. The SMILES string of the molecule is CC1CCc2c(c3cc(Cl)c(SC(=O)N(C)C)cc3oc2=O)C1. The number of benzene rings is 1. The maximum atomic E-state index is 12.2. The second-order valence-electron chi connectivity index (χ2n) is 6.24. The molecule has 1 unspecified atom stereocenters. The molecule has 1 amide bonds. The highest BCUT2D eigenvalue weighted by molar-refractivity contribution is 8.13. The molecule has 1 heterocycles. The van der Waals surface area contributed by atoms with E-state index in [4.69, 9.17) is 16.0 Å². The molecule has 122 valence electrons. The van der Waals surface area contributed by atoms with Crippen LogP contribution in [0.5, 0.6) is 0 Å². The van der Waals surface area contributed by atoms with Gasteiger partial charge in [0.25, 0.3) is 5.24 Å². The molecule has 0 aliphatic heterocycles. The third kappa shape index (κ3) is 3.12. The Kier molecular flexibility index (Phi) is 4.43. The summed E-state index contributed by atoms with van der Waals surface area (Å²) in [4.78, 5) is 26.2. The molecule has 4 nitrogen and oxygen atoms in total. The number of hydrogen-bond acceptors (Lipinski definition) is 4. The highest BCUT2D eigenvalue weighted by Gasteiger charge is 2.23. The Labute approximate surface area is 143 Å². The topological polar surface area (TPSA) is 50.5 Å². The van der Waals surface area contributed by atoms with E-state index in [1.165, 1.54) is 4.90 Å². The van der Waals surface area contributed by atoms with E-state index < -0.39 is 0 Å². The van der Waals surface area contributed by atoms with E-state index in [0.29, 0.717) is 21.4 Å². The van der Waals surface area contributed by atoms with E-state index in [-0.39, 0.29) is 10.9 Å². The van der Waals surface area contributed by atoms with Gasteiger partial charge in [-0.15, -0.1) is 0 Å². The van der Waals surface area contributed by atoms with Gasteiger partial charge in [0.1, 0.15) is 5.58 Å². The molecule has 1 aliphatic carbocycles. The van der Waals surface area contributed by atoms with E-state index in [1.54, 1.807) is 20.2 Å². The molecule has 1 aliphatic rings. The molecule has 1 aromatic heterocycles. The standard InChI is InChI=1S/C17H18ClNO3S/c1-9-4-5-10-11(6-9)12-7-13(18)15(23-17(21)19(2)3)8-14(12)22-16(10)20/h7-9H,4-6H2,1-3H3. The molecule has 2 aromatic rings. The first-order valence-electron chi connectivity index (χ1n) is 7.54. The lowest BCUT2D eigenvalue weighted by Crippen LogP contribution is -2.20. The zero-order chi connectivity index (χ0) is 16.7. The zero-order valence-corrected chi connectivity index (χ0v) is 14.9. The number of halogens is 1. The molecule has 0 saturated carbocycles. The van der Waals surface area contributed by atoms with Crippen molar-refractivity contribution in [3.8, 4) is 0 Å². The van der Waals surface area contributed by atoms with Gasteiger partial charge in [0, 0.05) is 29.9 Å². The van der Waals surface area contributed by atoms with Crippen LogP contribution >= 0.6 is 23.4 Å². The number of carbonyl (C=O) groups is 1. The number of amides is 1. The van der Waals surface area contributed by atoms with Gasteiger partial charge in [-0.2, -0.15) is 0 Å². The summed E-state index contributed by atoms with van der Waals surface area (Å²) in [5.74, 6) is 0.538. The van der Waals surface area contributed by atoms with Gasteiger partial charge in [-0.3, -0.25) is 4.79 Å². The van der Waals surface area contributed by atoms with Gasteiger partial charge in [0.05, 0.1) is 5.02 Å². The van der Waals surface area contributed by atoms with Crippen molar-refractivity contribution in [2.45, 2.75) is 31.1 Å². The van der Waals surface area contributed by atoms with Gasteiger partial charge < -0.3 is 9.32 Å². The summed E-state index contributed by atoms with van der Waals surface area (Å²) in [5, 5.41) is 1.27. The first kappa shape index (κ1) is 16.4. The van der Waals surface area contributed by atoms with E-state index in [1.807, 2.05) is 6.07 Å². The van der Waals surface area contributed by atoms with Gasteiger partial charge in [-0.05, 0) is 54.6 Å². The largest absolute Gasteiger partial charge is 0.422 e. The normalized spacial score (nSPS) is 17.1. The van der Waals surface area contributed by atoms with Crippen molar-refractivity contribution in [2.75, 3.05) is 14.1 Å². The number of nitrogens with zero attached hydrogens (tertiary/aromatic N) is 1. The second-order valence-corrected chi connectivity index (χ2v) is 7.64. The molecule has 3 rings (SSSR count). The highest BCUT2D eigenvalue weighted by atomic mass is 35.5. The Morgan fingerprint density at radius 1 is 1.35 bits per heavy atom. The molecule has 0 N–H and O–H groups in total. The average molecular weight is 352 g/mol. The van der Waals surface area contributed by atoms with Gasteiger partial charge in [0.15, 0.2) is 0 Å². The first-order chi connectivity index (χ1) is 10.9. The van der Waals surface area contributed by atoms with Crippen molar-refractivity contribution in [2.24, 2.45) is 5.92 Å². The molecule has 6 heteroatoms. The van der Waals surface area contributed by atoms with Crippen molar-refractivity contribution in [3.05, 3.63) is 38.7 Å². The van der Waals surface area contributed by atoms with Crippen molar-refractivity contribution in [3.63, 3.8) is 0 Å². The number of carbonyl (C=O) groups excluding carboxylic acids is 1. The van der Waals surface area contributed by atoms with Crippen molar-refractivity contribution < 1.29 is 9.21 Å². The smallest absolute Gasteiger partial charge is 0.339 e. The van der Waals surface area contributed by atoms with Crippen LogP contribution in [0.4, 0.5) is 4.79 Å². The van der Waals surface area contributed by atoms with Gasteiger partial charge >= 0.3 is 5.63 Å². The minimum atomic E-state index is -0.267. The molecule has 0 radical (unpaired) electrons. The molecule has 1 aromatic carbocycles. The Balaban J connectivity index is 2.14. The predicted octanol–water partition coefficient (Wildman–Crippen LogP) is 4.34. The van der Waals surface area contributed by atoms with Crippen LogP contribution in [0, 0.1) is 5.92 Å². The summed E-state index contributed by atoms with van der Waals surface area (Å²) in [7, 11) is 3.37. The quantitative estimate of drug-likeness (QED) is 0.566. The fourth-order valence-electron chi connectivity index (χ4n) is 2.89. The average Bonchev–Trinajstić information content (AvgIpc) is 2.49. The minimum Gasteiger partial charge on any atom is -0.422 e. The second kappa shape index (κ2) is 6.21. The Morgan fingerprint density at radius 2 is 2.09 bits per heavy atom. The number of thioether (sulfide) groups is 1. The predicted molar refractivity (Wildman–Crippen MR) is 93.6 cm³/mol. The zero-order valence-electron chi connectivity index (χ0n) is 13.3. The summed E-state index contributed by atoms with van der Waals surface area (Å²) in [6, 6.07) is 3.52. The van der Waals surface area contributed by atoms with Gasteiger partial charge in [-0.1, -0.05) is 18.5 Å². The lowest BCUT2D eigenvalue weighted by atomic mass is 9.84. The number of hydrogen-bond donors (Lipinski definition) is 0. The van der Waals surface area contributed by atoms with Crippen molar-refractivity contribution in [1.29, 1.82) is 0 Å². The fourth-order valence-corrected chi connectivity index (χ4v) is 3.87. The third-order valence-corrected chi connectivity index (χ3v) is 5.70. The highest BCUT2D eigenvalue weighted by Crippen LogP contribution is 2.36. The molecule has 1 atom stereocenters. The summed E-state index contributed by atoms with van der Waals surface area (Å²) in [6.45, 7) is 2.19. The van der Waals surface area contributed by atoms with E-state index >= 15 is 0 Å². The lowest BCUT2D eigenvalue weighted by Gasteiger charge is -2.21. The Hall–Kier alpha value is -1.46. The van der Waals surface area contributed by atoms with Crippen LogP contribution in [0.25, 0.3) is 11.0 Å². The van der Waals surface area contributed by atoms with Crippen molar-refractivity contribution >= 4 is 39.6 Å². The molecule has 0 saturated heterocycles. The molecular formula is C17H18ClNO3S. The summed E-state index contributed by atoms with van der Waals surface area (Å²) < 4.78 is 5.48. The molecular weight excluding hydrogens is 334 g/mol. The van der Waals surface area contributed by atoms with Crippen LogP contribution in [0.2, 0.25) is 5.02 Å². The molecule has 0 fully saturated rings. The molecule has 0 spiro atoms. The van der Waals surface area contributed by atoms with E-state index in [2.05, 4.69) is 6.92 Å². The van der Waals surface area contributed by atoms with Crippen LogP contribution < -0.4 is 5.63 Å². The molecule has 23 heavy (non-hydrogen) atoms. The summed E-state index contributed by atoms with van der Waals surface area (Å²) >= 11 is 7.39. The first-order valence-corrected chi connectivity index (χ1v) is 8.73. The van der Waals surface area contributed by atoms with Crippen LogP contribution in [0.15, 0.2) is 26.2 Å². The van der Waals surface area contributed by atoms with Crippen LogP contribution in [0.1, 0.15) is 24.5 Å². The monoisotopic (exact) mass is 351 g/mol. The molecule has 0 bridgehead atoms. The number of fused-ring (bicyclic) bond motifs is 3. The Bertz CT molecular complexity index is 844. The van der Waals surface area contributed by atoms with Crippen molar-refractivity contribution in [1.82, 2.24) is 4.90 Å². The maximum Gasteiger partial charge on any atom is 0.339 e. The van der Waals surface area contributed by atoms with Crippen LogP contribution in [-0.2, 0) is 12.8 Å². The summed E-state index contributed by atoms with van der Waals surface area (Å²) in [6.07, 6.45) is 2.61. The summed E-state index contributed by atoms with van der Waals surface area (Å²) in [5.41, 5.74) is 2.06. The van der Waals surface area contributed by atoms with Crippen LogP contribution in [-0.4, -0.2) is 24.2 Å². The number of rotatable bonds is 1. The van der Waals surface area contributed by atoms with E-state index in [9.17, 15) is 9.59 Å². The van der Waals surface area contributed by atoms with Gasteiger partial charge in [0.2, 0.25) is 0 Å². The van der Waals surface area contributed by atoms with E-state index in [0.717, 1.165) is 47.5 Å². The minimum absolute atomic E-state index is 0.125. The van der Waals surface area contributed by atoms with Gasteiger partial charge in [-0.25, -0.2) is 4.79 Å². The van der Waals surface area contributed by atoms with Crippen LogP contribution in [0.3, 0.4) is 0 Å². The lowest BCUT2D eigenvalue weighted by molar-refractivity contribution is 0.241. The fraction of sp³-hybridized carbons (Fsp3) is 0.412. The maximum absolute atomic E-state index is 12.2.